The van der Waals surface area contributed by atoms with Crippen LogP contribution in [-0.4, -0.2) is 35.8 Å². The fourth-order valence-corrected chi connectivity index (χ4v) is 2.35. The molecule has 1 aliphatic heterocycles. The van der Waals surface area contributed by atoms with Crippen LogP contribution in [0.15, 0.2) is 28.8 Å². The van der Waals surface area contributed by atoms with Crippen molar-refractivity contribution in [3.63, 3.8) is 0 Å². The molecule has 7 heteroatoms. The van der Waals surface area contributed by atoms with Gasteiger partial charge in [-0.2, -0.15) is 0 Å². The minimum atomic E-state index is -0.226. The smallest absolute Gasteiger partial charge is 0.323 e. The second-order valence-electron chi connectivity index (χ2n) is 5.25. The van der Waals surface area contributed by atoms with Gasteiger partial charge in [-0.3, -0.25) is 5.32 Å². The van der Waals surface area contributed by atoms with Crippen LogP contribution >= 0.6 is 0 Å². The van der Waals surface area contributed by atoms with Crippen molar-refractivity contribution in [1.82, 2.24) is 10.1 Å². The zero-order valence-corrected chi connectivity index (χ0v) is 13.2. The topological polar surface area (TPSA) is 76.8 Å². The van der Waals surface area contributed by atoms with Crippen LogP contribution in [0.5, 0.6) is 11.5 Å². The van der Waals surface area contributed by atoms with Crippen LogP contribution in [0.25, 0.3) is 0 Å². The van der Waals surface area contributed by atoms with Gasteiger partial charge in [-0.1, -0.05) is 11.2 Å². The molecule has 0 fully saturated rings. The van der Waals surface area contributed by atoms with Crippen molar-refractivity contribution in [2.24, 2.45) is 0 Å². The van der Waals surface area contributed by atoms with E-state index in [0.29, 0.717) is 37.9 Å². The fourth-order valence-electron chi connectivity index (χ4n) is 2.35. The Morgan fingerprint density at radius 3 is 2.74 bits per heavy atom. The minimum Gasteiger partial charge on any atom is -0.486 e. The summed E-state index contributed by atoms with van der Waals surface area (Å²) in [5, 5.41) is 6.49. The van der Waals surface area contributed by atoms with E-state index in [4.69, 9.17) is 14.0 Å². The fraction of sp³-hybridized carbons (Fsp3) is 0.375. The number of benzene rings is 1. The summed E-state index contributed by atoms with van der Waals surface area (Å²) in [6.07, 6.45) is 0. The summed E-state index contributed by atoms with van der Waals surface area (Å²) < 4.78 is 16.0. The maximum absolute atomic E-state index is 12.3. The first-order chi connectivity index (χ1) is 11.2. The van der Waals surface area contributed by atoms with Gasteiger partial charge in [0.1, 0.15) is 19.0 Å². The molecule has 122 valence electrons. The first-order valence-corrected chi connectivity index (χ1v) is 7.53. The molecule has 23 heavy (non-hydrogen) atoms. The van der Waals surface area contributed by atoms with E-state index < -0.39 is 0 Å². The first-order valence-electron chi connectivity index (χ1n) is 7.53. The third kappa shape index (κ3) is 3.56. The normalized spacial score (nSPS) is 12.8. The van der Waals surface area contributed by atoms with E-state index >= 15 is 0 Å². The minimum absolute atomic E-state index is 0.226. The molecule has 1 aliphatic rings. The van der Waals surface area contributed by atoms with E-state index in [2.05, 4.69) is 10.5 Å². The Hall–Kier alpha value is -2.70. The third-order valence-electron chi connectivity index (χ3n) is 3.51. The number of urea groups is 1. The number of aromatic nitrogens is 1. The molecule has 0 bridgehead atoms. The molecule has 0 spiro atoms. The Bertz CT molecular complexity index is 698. The SMILES string of the molecule is CCN(Cc1ccc2c(c1)OCCO2)C(=O)Nc1cc(C)on1. The van der Waals surface area contributed by atoms with E-state index in [1.165, 1.54) is 0 Å². The molecule has 1 N–H and O–H groups in total. The highest BCUT2D eigenvalue weighted by atomic mass is 16.6. The van der Waals surface area contributed by atoms with Crippen LogP contribution in [-0.2, 0) is 6.54 Å². The predicted octanol–water partition coefficient (Wildman–Crippen LogP) is 2.81. The van der Waals surface area contributed by atoms with E-state index in [0.717, 1.165) is 17.1 Å². The van der Waals surface area contributed by atoms with Crippen molar-refractivity contribution in [3.8, 4) is 11.5 Å². The number of carbonyl (C=O) groups excluding carboxylic acids is 1. The van der Waals surface area contributed by atoms with Gasteiger partial charge in [-0.25, -0.2) is 4.79 Å². The van der Waals surface area contributed by atoms with E-state index in [9.17, 15) is 4.79 Å². The summed E-state index contributed by atoms with van der Waals surface area (Å²) in [6.45, 7) is 5.83. The van der Waals surface area contributed by atoms with Gasteiger partial charge in [0.2, 0.25) is 0 Å². The molecular weight excluding hydrogens is 298 g/mol. The Kier molecular flexibility index (Phi) is 4.36. The number of hydrogen-bond acceptors (Lipinski definition) is 5. The molecular formula is C16H19N3O4. The zero-order chi connectivity index (χ0) is 16.2. The maximum atomic E-state index is 12.3. The maximum Gasteiger partial charge on any atom is 0.323 e. The highest BCUT2D eigenvalue weighted by Crippen LogP contribution is 2.31. The van der Waals surface area contributed by atoms with Gasteiger partial charge < -0.3 is 18.9 Å². The van der Waals surface area contributed by atoms with Crippen LogP contribution in [0, 0.1) is 6.92 Å². The average molecular weight is 317 g/mol. The third-order valence-corrected chi connectivity index (χ3v) is 3.51. The molecule has 0 atom stereocenters. The number of aryl methyl sites for hydroxylation is 1. The molecule has 1 aromatic heterocycles. The summed E-state index contributed by atoms with van der Waals surface area (Å²) in [5.74, 6) is 2.52. The lowest BCUT2D eigenvalue weighted by Gasteiger charge is -2.23. The molecule has 2 amide bonds. The van der Waals surface area contributed by atoms with Gasteiger partial charge in [0.25, 0.3) is 0 Å². The summed E-state index contributed by atoms with van der Waals surface area (Å²) in [5.41, 5.74) is 0.975. The number of amides is 2. The van der Waals surface area contributed by atoms with Crippen LogP contribution in [0.2, 0.25) is 0 Å². The summed E-state index contributed by atoms with van der Waals surface area (Å²) >= 11 is 0. The average Bonchev–Trinajstić information content (AvgIpc) is 2.97. The number of anilines is 1. The number of hydrogen-bond donors (Lipinski definition) is 1. The van der Waals surface area contributed by atoms with Crippen molar-refractivity contribution in [3.05, 3.63) is 35.6 Å². The summed E-state index contributed by atoms with van der Waals surface area (Å²) in [7, 11) is 0. The predicted molar refractivity (Wildman–Crippen MR) is 83.8 cm³/mol. The van der Waals surface area contributed by atoms with E-state index in [1.54, 1.807) is 17.9 Å². The van der Waals surface area contributed by atoms with Crippen molar-refractivity contribution < 1.29 is 18.8 Å². The van der Waals surface area contributed by atoms with E-state index in [-0.39, 0.29) is 6.03 Å². The second kappa shape index (κ2) is 6.60. The van der Waals surface area contributed by atoms with Gasteiger partial charge >= 0.3 is 6.03 Å². The standard InChI is InChI=1S/C16H19N3O4/c1-3-19(16(20)17-15-8-11(2)23-18-15)10-12-4-5-13-14(9-12)22-7-6-21-13/h4-5,8-9H,3,6-7,10H2,1-2H3,(H,17,18,20). The van der Waals surface area contributed by atoms with Crippen molar-refractivity contribution in [2.75, 3.05) is 25.1 Å². The molecule has 2 heterocycles. The number of nitrogens with one attached hydrogen (secondary N) is 1. The number of carbonyl (C=O) groups is 1. The lowest BCUT2D eigenvalue weighted by Crippen LogP contribution is -2.34. The Labute approximate surface area is 134 Å². The largest absolute Gasteiger partial charge is 0.486 e. The molecule has 0 saturated heterocycles. The lowest BCUT2D eigenvalue weighted by atomic mass is 10.2. The number of fused-ring (bicyclic) bond motifs is 1. The Morgan fingerprint density at radius 1 is 1.26 bits per heavy atom. The lowest BCUT2D eigenvalue weighted by molar-refractivity contribution is 0.171. The highest BCUT2D eigenvalue weighted by Gasteiger charge is 2.16. The summed E-state index contributed by atoms with van der Waals surface area (Å²) in [4.78, 5) is 14.0. The molecule has 0 aliphatic carbocycles. The monoisotopic (exact) mass is 317 g/mol. The molecule has 2 aromatic rings. The van der Waals surface area contributed by atoms with Crippen LogP contribution in [0.3, 0.4) is 0 Å². The van der Waals surface area contributed by atoms with Crippen LogP contribution in [0.4, 0.5) is 10.6 Å². The number of nitrogens with zero attached hydrogens (tertiary/aromatic N) is 2. The first kappa shape index (κ1) is 15.2. The van der Waals surface area contributed by atoms with Crippen molar-refractivity contribution >= 4 is 11.8 Å². The molecule has 3 rings (SSSR count). The quantitative estimate of drug-likeness (QED) is 0.938. The molecule has 0 radical (unpaired) electrons. The summed E-state index contributed by atoms with van der Waals surface area (Å²) in [6, 6.07) is 7.16. The Balaban J connectivity index is 1.67. The number of ether oxygens (including phenoxy) is 2. The second-order valence-corrected chi connectivity index (χ2v) is 5.25. The van der Waals surface area contributed by atoms with Gasteiger partial charge in [-0.15, -0.1) is 0 Å². The molecule has 1 aromatic carbocycles. The van der Waals surface area contributed by atoms with Gasteiger partial charge in [0, 0.05) is 19.2 Å². The van der Waals surface area contributed by atoms with Crippen LogP contribution in [0.1, 0.15) is 18.2 Å². The Morgan fingerprint density at radius 2 is 2.04 bits per heavy atom. The molecule has 0 saturated carbocycles. The number of rotatable bonds is 4. The van der Waals surface area contributed by atoms with Crippen molar-refractivity contribution in [1.29, 1.82) is 0 Å². The van der Waals surface area contributed by atoms with E-state index in [1.807, 2.05) is 25.1 Å². The van der Waals surface area contributed by atoms with Gasteiger partial charge in [0.15, 0.2) is 17.3 Å². The van der Waals surface area contributed by atoms with Crippen LogP contribution < -0.4 is 14.8 Å². The van der Waals surface area contributed by atoms with Gasteiger partial charge in [-0.05, 0) is 31.5 Å². The van der Waals surface area contributed by atoms with Crippen molar-refractivity contribution in [2.45, 2.75) is 20.4 Å². The molecule has 7 nitrogen and oxygen atoms in total. The highest BCUT2D eigenvalue weighted by molar-refractivity contribution is 5.88. The molecule has 0 unspecified atom stereocenters. The zero-order valence-electron chi connectivity index (χ0n) is 13.2. The van der Waals surface area contributed by atoms with Gasteiger partial charge in [0.05, 0.1) is 0 Å².